The molecule has 6 heteroatoms. The summed E-state index contributed by atoms with van der Waals surface area (Å²) in [5.41, 5.74) is 0.192. The lowest BCUT2D eigenvalue weighted by atomic mass is 10.1. The molecule has 0 aliphatic rings. The van der Waals surface area contributed by atoms with Gasteiger partial charge in [-0.2, -0.15) is 0 Å². The SMILES string of the molecule is COc1cnc(C(F)F)cc1/C(C)=C\C(=O)O. The van der Waals surface area contributed by atoms with E-state index in [1.165, 1.54) is 14.0 Å². The number of allylic oxidation sites excluding steroid dienone is 1. The summed E-state index contributed by atoms with van der Waals surface area (Å²) in [4.78, 5) is 14.0. The molecular formula is C11H11F2NO3. The highest BCUT2D eigenvalue weighted by atomic mass is 19.3. The van der Waals surface area contributed by atoms with Gasteiger partial charge in [-0.3, -0.25) is 4.98 Å². The minimum absolute atomic E-state index is 0.254. The number of carbonyl (C=O) groups is 1. The predicted molar refractivity (Wildman–Crippen MR) is 57.0 cm³/mol. The third-order valence-corrected chi connectivity index (χ3v) is 2.10. The molecule has 0 aliphatic carbocycles. The van der Waals surface area contributed by atoms with Gasteiger partial charge in [0.2, 0.25) is 0 Å². The van der Waals surface area contributed by atoms with Crippen molar-refractivity contribution >= 4 is 11.5 Å². The highest BCUT2D eigenvalue weighted by Gasteiger charge is 2.14. The van der Waals surface area contributed by atoms with Crippen LogP contribution in [-0.4, -0.2) is 23.2 Å². The van der Waals surface area contributed by atoms with Crippen LogP contribution in [0.1, 0.15) is 24.6 Å². The molecule has 1 aromatic heterocycles. The van der Waals surface area contributed by atoms with Gasteiger partial charge >= 0.3 is 5.97 Å². The topological polar surface area (TPSA) is 59.4 Å². The van der Waals surface area contributed by atoms with Gasteiger partial charge < -0.3 is 9.84 Å². The molecule has 92 valence electrons. The van der Waals surface area contributed by atoms with Gasteiger partial charge in [0.05, 0.1) is 13.3 Å². The summed E-state index contributed by atoms with van der Waals surface area (Å²) in [6.45, 7) is 1.50. The van der Waals surface area contributed by atoms with Crippen LogP contribution in [0.15, 0.2) is 18.3 Å². The smallest absolute Gasteiger partial charge is 0.328 e. The Morgan fingerprint density at radius 2 is 2.24 bits per heavy atom. The molecule has 0 saturated heterocycles. The summed E-state index contributed by atoms with van der Waals surface area (Å²) in [6, 6.07) is 1.12. The van der Waals surface area contributed by atoms with E-state index < -0.39 is 18.1 Å². The first-order valence-electron chi connectivity index (χ1n) is 4.69. The van der Waals surface area contributed by atoms with Crippen molar-refractivity contribution in [1.82, 2.24) is 4.98 Å². The molecule has 1 heterocycles. The number of hydrogen-bond acceptors (Lipinski definition) is 3. The van der Waals surface area contributed by atoms with Gasteiger partial charge in [0.15, 0.2) is 0 Å². The van der Waals surface area contributed by atoms with Crippen LogP contribution in [0, 0.1) is 0 Å². The zero-order chi connectivity index (χ0) is 13.0. The van der Waals surface area contributed by atoms with Crippen LogP contribution in [-0.2, 0) is 4.79 Å². The molecular weight excluding hydrogens is 232 g/mol. The van der Waals surface area contributed by atoms with Gasteiger partial charge in [0.1, 0.15) is 11.4 Å². The van der Waals surface area contributed by atoms with Crippen LogP contribution in [0.2, 0.25) is 0 Å². The fraction of sp³-hybridized carbons (Fsp3) is 0.273. The number of aromatic nitrogens is 1. The fourth-order valence-corrected chi connectivity index (χ4v) is 1.31. The molecule has 1 rings (SSSR count). The first-order valence-corrected chi connectivity index (χ1v) is 4.69. The van der Waals surface area contributed by atoms with E-state index in [0.717, 1.165) is 18.3 Å². The van der Waals surface area contributed by atoms with Gasteiger partial charge in [-0.15, -0.1) is 0 Å². The van der Waals surface area contributed by atoms with Gasteiger partial charge in [-0.25, -0.2) is 13.6 Å². The minimum atomic E-state index is -2.71. The molecule has 0 aromatic carbocycles. The quantitative estimate of drug-likeness (QED) is 0.825. The molecule has 0 atom stereocenters. The van der Waals surface area contributed by atoms with Crippen molar-refractivity contribution in [3.63, 3.8) is 0 Å². The van der Waals surface area contributed by atoms with Crippen LogP contribution in [0.25, 0.3) is 5.57 Å². The molecule has 1 aromatic rings. The van der Waals surface area contributed by atoms with E-state index in [1.54, 1.807) is 0 Å². The summed E-state index contributed by atoms with van der Waals surface area (Å²) in [7, 11) is 1.36. The number of alkyl halides is 2. The molecule has 0 spiro atoms. The van der Waals surface area contributed by atoms with E-state index in [-0.39, 0.29) is 5.75 Å². The molecule has 0 amide bonds. The largest absolute Gasteiger partial charge is 0.495 e. The molecule has 0 radical (unpaired) electrons. The number of carboxylic acid groups (broad SMARTS) is 1. The van der Waals surface area contributed by atoms with E-state index in [2.05, 4.69) is 4.98 Å². The lowest BCUT2D eigenvalue weighted by Gasteiger charge is -2.09. The van der Waals surface area contributed by atoms with Crippen molar-refractivity contribution in [2.45, 2.75) is 13.3 Å². The minimum Gasteiger partial charge on any atom is -0.495 e. The summed E-state index contributed by atoms with van der Waals surface area (Å²) in [5.74, 6) is -0.899. The zero-order valence-corrected chi connectivity index (χ0v) is 9.28. The summed E-state index contributed by atoms with van der Waals surface area (Å²) in [6.07, 6.45) is -0.638. The van der Waals surface area contributed by atoms with Crippen molar-refractivity contribution in [3.05, 3.63) is 29.6 Å². The number of ether oxygens (including phenoxy) is 1. The Morgan fingerprint density at radius 3 is 2.71 bits per heavy atom. The molecule has 4 nitrogen and oxygen atoms in total. The molecule has 0 fully saturated rings. The van der Waals surface area contributed by atoms with Crippen LogP contribution >= 0.6 is 0 Å². The van der Waals surface area contributed by atoms with Gasteiger partial charge in [0.25, 0.3) is 6.43 Å². The molecule has 0 unspecified atom stereocenters. The number of rotatable bonds is 4. The van der Waals surface area contributed by atoms with Crippen LogP contribution in [0.3, 0.4) is 0 Å². The maximum atomic E-state index is 12.5. The summed E-state index contributed by atoms with van der Waals surface area (Å²) < 4.78 is 29.9. The number of pyridine rings is 1. The normalized spacial score (nSPS) is 11.7. The maximum absolute atomic E-state index is 12.5. The third kappa shape index (κ3) is 3.24. The van der Waals surface area contributed by atoms with Crippen LogP contribution in [0.5, 0.6) is 5.75 Å². The van der Waals surface area contributed by atoms with Crippen LogP contribution in [0.4, 0.5) is 8.78 Å². The Kier molecular flexibility index (Phi) is 4.14. The molecule has 0 aliphatic heterocycles. The second kappa shape index (κ2) is 5.38. The molecule has 17 heavy (non-hydrogen) atoms. The Hall–Kier alpha value is -1.98. The first-order chi connectivity index (χ1) is 7.95. The van der Waals surface area contributed by atoms with Crippen molar-refractivity contribution in [3.8, 4) is 5.75 Å². The van der Waals surface area contributed by atoms with Gasteiger partial charge in [-0.1, -0.05) is 0 Å². The number of hydrogen-bond donors (Lipinski definition) is 1. The highest BCUT2D eigenvalue weighted by Crippen LogP contribution is 2.28. The van der Waals surface area contributed by atoms with Gasteiger partial charge in [-0.05, 0) is 18.6 Å². The summed E-state index contributed by atoms with van der Waals surface area (Å²) in [5, 5.41) is 8.61. The number of methoxy groups -OCH3 is 1. The maximum Gasteiger partial charge on any atom is 0.328 e. The Morgan fingerprint density at radius 1 is 1.59 bits per heavy atom. The van der Waals surface area contributed by atoms with Gasteiger partial charge in [0, 0.05) is 11.6 Å². The Balaban J connectivity index is 3.28. The average molecular weight is 243 g/mol. The van der Waals surface area contributed by atoms with Crippen molar-refractivity contribution in [2.24, 2.45) is 0 Å². The molecule has 0 bridgehead atoms. The fourth-order valence-electron chi connectivity index (χ4n) is 1.31. The van der Waals surface area contributed by atoms with E-state index in [9.17, 15) is 13.6 Å². The lowest BCUT2D eigenvalue weighted by Crippen LogP contribution is -1.98. The first kappa shape index (κ1) is 13.1. The lowest BCUT2D eigenvalue weighted by molar-refractivity contribution is -0.131. The molecule has 1 N–H and O–H groups in total. The number of carboxylic acids is 1. The standard InChI is InChI=1S/C11H11F2NO3/c1-6(3-10(15)16)7-4-8(11(12)13)14-5-9(7)17-2/h3-5,11H,1-2H3,(H,15,16)/b6-3-. The number of halogens is 2. The van der Waals surface area contributed by atoms with E-state index in [0.29, 0.717) is 11.1 Å². The van der Waals surface area contributed by atoms with Crippen molar-refractivity contribution in [1.29, 1.82) is 0 Å². The Labute approximate surface area is 96.6 Å². The van der Waals surface area contributed by atoms with E-state index in [1.807, 2.05) is 0 Å². The van der Waals surface area contributed by atoms with Crippen LogP contribution < -0.4 is 4.74 Å². The second-order valence-corrected chi connectivity index (χ2v) is 3.28. The summed E-state index contributed by atoms with van der Waals surface area (Å²) >= 11 is 0. The predicted octanol–water partition coefficient (Wildman–Crippen LogP) is 2.52. The highest BCUT2D eigenvalue weighted by molar-refractivity contribution is 5.90. The third-order valence-electron chi connectivity index (χ3n) is 2.10. The number of nitrogens with zero attached hydrogens (tertiary/aromatic N) is 1. The average Bonchev–Trinajstić information content (AvgIpc) is 2.27. The van der Waals surface area contributed by atoms with E-state index in [4.69, 9.17) is 9.84 Å². The number of aliphatic carboxylic acids is 1. The second-order valence-electron chi connectivity index (χ2n) is 3.28. The molecule has 0 saturated carbocycles. The monoisotopic (exact) mass is 243 g/mol. The Bertz CT molecular complexity index is 458. The van der Waals surface area contributed by atoms with E-state index >= 15 is 0 Å². The van der Waals surface area contributed by atoms with Crippen molar-refractivity contribution in [2.75, 3.05) is 7.11 Å². The zero-order valence-electron chi connectivity index (χ0n) is 9.28. The van der Waals surface area contributed by atoms with Crippen molar-refractivity contribution < 1.29 is 23.4 Å².